The van der Waals surface area contributed by atoms with Crippen LogP contribution in [0, 0.1) is 0 Å². The zero-order valence-electron chi connectivity index (χ0n) is 10.8. The topological polar surface area (TPSA) is 29.3 Å². The minimum atomic E-state index is 0.103. The summed E-state index contributed by atoms with van der Waals surface area (Å²) in [4.78, 5) is 2.49. The first-order chi connectivity index (χ1) is 8.66. The van der Waals surface area contributed by atoms with Crippen molar-refractivity contribution in [1.29, 1.82) is 0 Å². The number of nitrogens with two attached hydrogens (primary N) is 1. The Morgan fingerprint density at radius 2 is 1.89 bits per heavy atom. The second-order valence-corrected chi connectivity index (χ2v) is 6.73. The van der Waals surface area contributed by atoms with E-state index in [-0.39, 0.29) is 5.54 Å². The van der Waals surface area contributed by atoms with Gasteiger partial charge in [-0.05, 0) is 72.2 Å². The van der Waals surface area contributed by atoms with Crippen LogP contribution < -0.4 is 10.6 Å². The first-order valence-corrected chi connectivity index (χ1v) is 7.78. The molecule has 1 saturated carbocycles. The number of piperidine rings is 1. The molecule has 0 bridgehead atoms. The molecule has 2 nitrogen and oxygen atoms in total. The Balaban J connectivity index is 1.75. The maximum Gasteiger partial charge on any atom is 0.0510 e. The van der Waals surface area contributed by atoms with Crippen LogP contribution in [0.4, 0.5) is 5.69 Å². The molecule has 1 aromatic carbocycles. The first kappa shape index (κ1) is 12.5. The molecule has 2 N–H and O–H groups in total. The van der Waals surface area contributed by atoms with Crippen molar-refractivity contribution in [3.63, 3.8) is 0 Å². The summed E-state index contributed by atoms with van der Waals surface area (Å²) in [5, 5.41) is 0. The van der Waals surface area contributed by atoms with Crippen LogP contribution in [0.1, 0.15) is 37.7 Å². The molecule has 3 rings (SSSR count). The molecule has 1 aromatic rings. The zero-order valence-corrected chi connectivity index (χ0v) is 12.4. The van der Waals surface area contributed by atoms with Gasteiger partial charge in [0.25, 0.3) is 0 Å². The van der Waals surface area contributed by atoms with Crippen LogP contribution in [-0.4, -0.2) is 18.6 Å². The molecule has 2 aliphatic rings. The van der Waals surface area contributed by atoms with Crippen molar-refractivity contribution >= 4 is 21.6 Å². The molecule has 0 aromatic heterocycles. The van der Waals surface area contributed by atoms with Crippen LogP contribution in [0.25, 0.3) is 0 Å². The fraction of sp³-hybridized carbons (Fsp3) is 0.600. The van der Waals surface area contributed by atoms with Gasteiger partial charge >= 0.3 is 0 Å². The molecule has 1 aliphatic heterocycles. The van der Waals surface area contributed by atoms with Gasteiger partial charge in [0.2, 0.25) is 0 Å². The number of hydrogen-bond donors (Lipinski definition) is 1. The lowest BCUT2D eigenvalue weighted by atomic mass is 10.0. The van der Waals surface area contributed by atoms with Crippen molar-refractivity contribution < 1.29 is 0 Å². The molecule has 1 aliphatic carbocycles. The summed E-state index contributed by atoms with van der Waals surface area (Å²) in [6, 6.07) is 6.77. The average molecular weight is 309 g/mol. The molecular formula is C15H21BrN2. The van der Waals surface area contributed by atoms with Gasteiger partial charge < -0.3 is 10.6 Å². The van der Waals surface area contributed by atoms with Crippen molar-refractivity contribution in [2.24, 2.45) is 5.73 Å². The van der Waals surface area contributed by atoms with Gasteiger partial charge in [-0.2, -0.15) is 0 Å². The summed E-state index contributed by atoms with van der Waals surface area (Å²) in [7, 11) is 0. The molecule has 0 atom stereocenters. The largest absolute Gasteiger partial charge is 0.371 e. The number of anilines is 1. The summed E-state index contributed by atoms with van der Waals surface area (Å²) in [6.07, 6.45) is 7.39. The molecule has 98 valence electrons. The average Bonchev–Trinajstić information content (AvgIpc) is 3.08. The summed E-state index contributed by atoms with van der Waals surface area (Å²) in [5.41, 5.74) is 9.00. The molecule has 0 unspecified atom stereocenters. The van der Waals surface area contributed by atoms with Crippen molar-refractivity contribution in [2.75, 3.05) is 18.0 Å². The first-order valence-electron chi connectivity index (χ1n) is 6.99. The molecule has 0 amide bonds. The van der Waals surface area contributed by atoms with E-state index in [2.05, 4.69) is 39.0 Å². The molecule has 2 fully saturated rings. The van der Waals surface area contributed by atoms with Gasteiger partial charge in [-0.1, -0.05) is 6.07 Å². The predicted molar refractivity (Wildman–Crippen MR) is 80.1 cm³/mol. The Labute approximate surface area is 118 Å². The Bertz CT molecular complexity index is 434. The van der Waals surface area contributed by atoms with Gasteiger partial charge in [-0.25, -0.2) is 0 Å². The Morgan fingerprint density at radius 3 is 2.50 bits per heavy atom. The normalized spacial score (nSPS) is 22.0. The monoisotopic (exact) mass is 308 g/mol. The number of nitrogens with zero attached hydrogens (tertiary/aromatic N) is 1. The van der Waals surface area contributed by atoms with E-state index in [1.165, 1.54) is 60.9 Å². The van der Waals surface area contributed by atoms with Crippen LogP contribution in [0.15, 0.2) is 22.7 Å². The molecule has 18 heavy (non-hydrogen) atoms. The Hall–Kier alpha value is -0.540. The van der Waals surface area contributed by atoms with Crippen molar-refractivity contribution in [3.8, 4) is 0 Å². The quantitative estimate of drug-likeness (QED) is 0.926. The highest BCUT2D eigenvalue weighted by atomic mass is 79.9. The van der Waals surface area contributed by atoms with E-state index in [0.29, 0.717) is 0 Å². The van der Waals surface area contributed by atoms with Crippen LogP contribution >= 0.6 is 15.9 Å². The van der Waals surface area contributed by atoms with E-state index < -0.39 is 0 Å². The smallest absolute Gasteiger partial charge is 0.0510 e. The molecule has 0 spiro atoms. The fourth-order valence-electron chi connectivity index (χ4n) is 2.80. The van der Waals surface area contributed by atoms with E-state index in [0.717, 1.165) is 6.42 Å². The van der Waals surface area contributed by atoms with E-state index in [1.807, 2.05) is 0 Å². The Morgan fingerprint density at radius 1 is 1.17 bits per heavy atom. The predicted octanol–water partition coefficient (Wildman–Crippen LogP) is 3.47. The zero-order chi connectivity index (χ0) is 12.6. The molecule has 1 saturated heterocycles. The van der Waals surface area contributed by atoms with Gasteiger partial charge in [0.15, 0.2) is 0 Å². The van der Waals surface area contributed by atoms with Crippen molar-refractivity contribution in [2.45, 2.75) is 44.1 Å². The standard InChI is InChI=1S/C15H21BrN2/c16-13-10-12(11-15(17)6-7-15)4-5-14(13)18-8-2-1-3-9-18/h4-5,10H,1-3,6-9,11,17H2. The summed E-state index contributed by atoms with van der Waals surface area (Å²) >= 11 is 3.73. The minimum absolute atomic E-state index is 0.103. The highest BCUT2D eigenvalue weighted by Gasteiger charge is 2.38. The summed E-state index contributed by atoms with van der Waals surface area (Å²) in [5.74, 6) is 0. The van der Waals surface area contributed by atoms with E-state index in [1.54, 1.807) is 0 Å². The third-order valence-electron chi connectivity index (χ3n) is 4.16. The van der Waals surface area contributed by atoms with E-state index in [9.17, 15) is 0 Å². The van der Waals surface area contributed by atoms with Gasteiger partial charge in [0.05, 0.1) is 5.69 Å². The highest BCUT2D eigenvalue weighted by molar-refractivity contribution is 9.10. The summed E-state index contributed by atoms with van der Waals surface area (Å²) in [6.45, 7) is 2.39. The number of hydrogen-bond acceptors (Lipinski definition) is 2. The minimum Gasteiger partial charge on any atom is -0.371 e. The number of halogens is 1. The van der Waals surface area contributed by atoms with Crippen molar-refractivity contribution in [3.05, 3.63) is 28.2 Å². The molecular weight excluding hydrogens is 288 g/mol. The van der Waals surface area contributed by atoms with Gasteiger partial charge in [-0.15, -0.1) is 0 Å². The van der Waals surface area contributed by atoms with Gasteiger partial charge in [0, 0.05) is 23.1 Å². The SMILES string of the molecule is NC1(Cc2ccc(N3CCCCC3)c(Br)c2)CC1. The molecule has 1 heterocycles. The maximum atomic E-state index is 6.18. The second kappa shape index (κ2) is 4.86. The van der Waals surface area contributed by atoms with Crippen LogP contribution in [0.3, 0.4) is 0 Å². The lowest BCUT2D eigenvalue weighted by Gasteiger charge is -2.30. The van der Waals surface area contributed by atoms with E-state index in [4.69, 9.17) is 5.73 Å². The number of rotatable bonds is 3. The highest BCUT2D eigenvalue weighted by Crippen LogP contribution is 2.37. The Kier molecular flexibility index (Phi) is 3.37. The van der Waals surface area contributed by atoms with Crippen LogP contribution in [0.5, 0.6) is 0 Å². The summed E-state index contributed by atoms with van der Waals surface area (Å²) < 4.78 is 1.23. The fourth-order valence-corrected chi connectivity index (χ4v) is 3.47. The third-order valence-corrected chi connectivity index (χ3v) is 4.79. The van der Waals surface area contributed by atoms with Crippen LogP contribution in [-0.2, 0) is 6.42 Å². The van der Waals surface area contributed by atoms with Crippen molar-refractivity contribution in [1.82, 2.24) is 0 Å². The third kappa shape index (κ3) is 2.72. The number of benzene rings is 1. The molecule has 3 heteroatoms. The van der Waals surface area contributed by atoms with Gasteiger partial charge in [-0.3, -0.25) is 0 Å². The lowest BCUT2D eigenvalue weighted by Crippen LogP contribution is -2.29. The van der Waals surface area contributed by atoms with E-state index >= 15 is 0 Å². The maximum absolute atomic E-state index is 6.18. The van der Waals surface area contributed by atoms with Gasteiger partial charge in [0.1, 0.15) is 0 Å². The molecule has 0 radical (unpaired) electrons. The second-order valence-electron chi connectivity index (χ2n) is 5.87. The van der Waals surface area contributed by atoms with Crippen LogP contribution in [0.2, 0.25) is 0 Å². The lowest BCUT2D eigenvalue weighted by molar-refractivity contribution is 0.577.